The molecule has 0 heterocycles. The zero-order chi connectivity index (χ0) is 13.9. The molecule has 0 spiro atoms. The average Bonchev–Trinajstić information content (AvgIpc) is 2.23. The SMILES string of the molecule is CNC(COc1cc(C)cc(C)c1C)C(C)(C)C. The highest BCUT2D eigenvalue weighted by Gasteiger charge is 2.23. The van der Waals surface area contributed by atoms with Gasteiger partial charge in [0, 0.05) is 6.04 Å². The van der Waals surface area contributed by atoms with Crippen LogP contribution >= 0.6 is 0 Å². The summed E-state index contributed by atoms with van der Waals surface area (Å²) in [5, 5.41) is 3.34. The molecule has 102 valence electrons. The van der Waals surface area contributed by atoms with Gasteiger partial charge in [-0.2, -0.15) is 0 Å². The second kappa shape index (κ2) is 5.75. The maximum absolute atomic E-state index is 6.02. The highest BCUT2D eigenvalue weighted by molar-refractivity contribution is 5.41. The normalized spacial score (nSPS) is 13.5. The molecule has 1 atom stereocenters. The van der Waals surface area contributed by atoms with Crippen molar-refractivity contribution < 1.29 is 4.74 Å². The second-order valence-corrected chi connectivity index (χ2v) is 6.22. The predicted octanol–water partition coefficient (Wildman–Crippen LogP) is 3.62. The summed E-state index contributed by atoms with van der Waals surface area (Å²) in [5.41, 5.74) is 3.98. The number of rotatable bonds is 4. The summed E-state index contributed by atoms with van der Waals surface area (Å²) in [6.07, 6.45) is 0. The smallest absolute Gasteiger partial charge is 0.122 e. The van der Waals surface area contributed by atoms with Crippen LogP contribution < -0.4 is 10.1 Å². The van der Waals surface area contributed by atoms with E-state index in [1.165, 1.54) is 16.7 Å². The molecular weight excluding hydrogens is 222 g/mol. The van der Waals surface area contributed by atoms with Crippen molar-refractivity contribution in [3.8, 4) is 5.75 Å². The predicted molar refractivity (Wildman–Crippen MR) is 78.5 cm³/mol. The Morgan fingerprint density at radius 3 is 2.28 bits per heavy atom. The van der Waals surface area contributed by atoms with Crippen LogP contribution in [0, 0.1) is 26.2 Å². The van der Waals surface area contributed by atoms with Crippen molar-refractivity contribution in [2.24, 2.45) is 5.41 Å². The van der Waals surface area contributed by atoms with E-state index < -0.39 is 0 Å². The third kappa shape index (κ3) is 3.74. The van der Waals surface area contributed by atoms with Gasteiger partial charge in [-0.3, -0.25) is 0 Å². The van der Waals surface area contributed by atoms with Crippen molar-refractivity contribution in [1.82, 2.24) is 5.32 Å². The lowest BCUT2D eigenvalue weighted by Crippen LogP contribution is -2.42. The van der Waals surface area contributed by atoms with Crippen LogP contribution in [0.1, 0.15) is 37.5 Å². The first-order valence-electron chi connectivity index (χ1n) is 6.63. The van der Waals surface area contributed by atoms with Crippen molar-refractivity contribution in [2.75, 3.05) is 13.7 Å². The fourth-order valence-electron chi connectivity index (χ4n) is 2.09. The second-order valence-electron chi connectivity index (χ2n) is 6.22. The minimum atomic E-state index is 0.196. The molecule has 1 rings (SSSR count). The summed E-state index contributed by atoms with van der Waals surface area (Å²) in [6, 6.07) is 4.66. The van der Waals surface area contributed by atoms with E-state index in [2.05, 4.69) is 59.0 Å². The van der Waals surface area contributed by atoms with Gasteiger partial charge in [0.15, 0.2) is 0 Å². The highest BCUT2D eigenvalue weighted by Crippen LogP contribution is 2.25. The first kappa shape index (κ1) is 15.0. The molecule has 0 fully saturated rings. The zero-order valence-electron chi connectivity index (χ0n) is 12.8. The summed E-state index contributed by atoms with van der Waals surface area (Å²) in [5.74, 6) is 1.01. The number of ether oxygens (including phenoxy) is 1. The van der Waals surface area contributed by atoms with Crippen molar-refractivity contribution >= 4 is 0 Å². The Hall–Kier alpha value is -1.02. The third-order valence-corrected chi connectivity index (χ3v) is 3.56. The van der Waals surface area contributed by atoms with Crippen molar-refractivity contribution in [3.05, 3.63) is 28.8 Å². The summed E-state index contributed by atoms with van der Waals surface area (Å²) in [4.78, 5) is 0. The zero-order valence-corrected chi connectivity index (χ0v) is 12.8. The van der Waals surface area contributed by atoms with Gasteiger partial charge < -0.3 is 10.1 Å². The first-order chi connectivity index (χ1) is 8.25. The van der Waals surface area contributed by atoms with Gasteiger partial charge in [-0.1, -0.05) is 26.8 Å². The van der Waals surface area contributed by atoms with E-state index in [4.69, 9.17) is 4.74 Å². The molecule has 0 aliphatic carbocycles. The number of nitrogens with one attached hydrogen (secondary N) is 1. The lowest BCUT2D eigenvalue weighted by atomic mass is 9.87. The van der Waals surface area contributed by atoms with Crippen LogP contribution in [0.15, 0.2) is 12.1 Å². The summed E-state index contributed by atoms with van der Waals surface area (Å²) >= 11 is 0. The minimum absolute atomic E-state index is 0.196. The van der Waals surface area contributed by atoms with Gasteiger partial charge in [-0.05, 0) is 56.0 Å². The molecule has 1 aromatic carbocycles. The number of hydrogen-bond donors (Lipinski definition) is 1. The average molecular weight is 249 g/mol. The molecule has 0 aliphatic rings. The quantitative estimate of drug-likeness (QED) is 0.880. The minimum Gasteiger partial charge on any atom is -0.492 e. The molecule has 18 heavy (non-hydrogen) atoms. The Morgan fingerprint density at radius 1 is 1.17 bits per heavy atom. The van der Waals surface area contributed by atoms with Gasteiger partial charge in [0.2, 0.25) is 0 Å². The molecule has 2 nitrogen and oxygen atoms in total. The Kier molecular flexibility index (Phi) is 4.80. The van der Waals surface area contributed by atoms with Gasteiger partial charge in [0.1, 0.15) is 12.4 Å². The summed E-state index contributed by atoms with van der Waals surface area (Å²) in [7, 11) is 1.99. The number of likely N-dealkylation sites (N-methyl/N-ethyl adjacent to an activating group) is 1. The van der Waals surface area contributed by atoms with Crippen molar-refractivity contribution in [2.45, 2.75) is 47.6 Å². The molecule has 0 saturated carbocycles. The largest absolute Gasteiger partial charge is 0.492 e. The molecule has 0 amide bonds. The van der Waals surface area contributed by atoms with Crippen LogP contribution in [-0.4, -0.2) is 19.7 Å². The lowest BCUT2D eigenvalue weighted by Gasteiger charge is -2.30. The van der Waals surface area contributed by atoms with Crippen molar-refractivity contribution in [3.63, 3.8) is 0 Å². The van der Waals surface area contributed by atoms with Gasteiger partial charge in [0.05, 0.1) is 0 Å². The maximum atomic E-state index is 6.02. The Balaban J connectivity index is 2.80. The fraction of sp³-hybridized carbons (Fsp3) is 0.625. The topological polar surface area (TPSA) is 21.3 Å². The van der Waals surface area contributed by atoms with Crippen LogP contribution in [0.2, 0.25) is 0 Å². The van der Waals surface area contributed by atoms with E-state index >= 15 is 0 Å². The third-order valence-electron chi connectivity index (χ3n) is 3.56. The van der Waals surface area contributed by atoms with Crippen LogP contribution in [-0.2, 0) is 0 Å². The molecule has 1 unspecified atom stereocenters. The van der Waals surface area contributed by atoms with E-state index in [9.17, 15) is 0 Å². The fourth-order valence-corrected chi connectivity index (χ4v) is 2.09. The molecule has 1 aromatic rings. The molecule has 0 radical (unpaired) electrons. The molecule has 0 saturated heterocycles. The van der Waals surface area contributed by atoms with Gasteiger partial charge >= 0.3 is 0 Å². The maximum Gasteiger partial charge on any atom is 0.122 e. The van der Waals surface area contributed by atoms with Crippen LogP contribution in [0.25, 0.3) is 0 Å². The monoisotopic (exact) mass is 249 g/mol. The first-order valence-corrected chi connectivity index (χ1v) is 6.63. The van der Waals surface area contributed by atoms with Gasteiger partial charge in [0.25, 0.3) is 0 Å². The molecule has 2 heteroatoms. The van der Waals surface area contributed by atoms with Crippen molar-refractivity contribution in [1.29, 1.82) is 0 Å². The summed E-state index contributed by atoms with van der Waals surface area (Å²) < 4.78 is 6.02. The van der Waals surface area contributed by atoms with Crippen LogP contribution in [0.4, 0.5) is 0 Å². The van der Waals surface area contributed by atoms with E-state index in [-0.39, 0.29) is 5.41 Å². The molecule has 0 aliphatic heterocycles. The Morgan fingerprint density at radius 2 is 1.78 bits per heavy atom. The summed E-state index contributed by atoms with van der Waals surface area (Å²) in [6.45, 7) is 13.7. The molecule has 1 N–H and O–H groups in total. The lowest BCUT2D eigenvalue weighted by molar-refractivity contribution is 0.180. The standard InChI is InChI=1S/C16H27NO/c1-11-8-12(2)13(3)14(9-11)18-10-15(17-7)16(4,5)6/h8-9,15,17H,10H2,1-7H3. The van der Waals surface area contributed by atoms with Gasteiger partial charge in [-0.15, -0.1) is 0 Å². The van der Waals surface area contributed by atoms with Gasteiger partial charge in [-0.25, -0.2) is 0 Å². The Bertz CT molecular complexity index is 404. The van der Waals surface area contributed by atoms with E-state index in [1.54, 1.807) is 0 Å². The number of aryl methyl sites for hydroxylation is 2. The molecular formula is C16H27NO. The number of benzene rings is 1. The molecule has 0 aromatic heterocycles. The van der Waals surface area contributed by atoms with E-state index in [0.717, 1.165) is 5.75 Å². The number of hydrogen-bond acceptors (Lipinski definition) is 2. The van der Waals surface area contributed by atoms with Crippen LogP contribution in [0.5, 0.6) is 5.75 Å². The van der Waals surface area contributed by atoms with E-state index in [0.29, 0.717) is 12.6 Å². The Labute approximate surface area is 112 Å². The van der Waals surface area contributed by atoms with Crippen LogP contribution in [0.3, 0.4) is 0 Å². The molecule has 0 bridgehead atoms. The highest BCUT2D eigenvalue weighted by atomic mass is 16.5. The van der Waals surface area contributed by atoms with E-state index in [1.807, 2.05) is 7.05 Å².